The predicted octanol–water partition coefficient (Wildman–Crippen LogP) is 6.55. The number of rotatable bonds is 3. The van der Waals surface area contributed by atoms with Crippen LogP contribution >= 0.6 is 0 Å². The zero-order chi connectivity index (χ0) is 15.2. The molecule has 122 valence electrons. The van der Waals surface area contributed by atoms with E-state index in [-0.39, 0.29) is 0 Å². The van der Waals surface area contributed by atoms with Gasteiger partial charge in [0.1, 0.15) is 0 Å². The van der Waals surface area contributed by atoms with Crippen LogP contribution in [0.15, 0.2) is 0 Å². The minimum Gasteiger partial charge on any atom is -0.0651 e. The van der Waals surface area contributed by atoms with Crippen LogP contribution in [0.5, 0.6) is 0 Å². The summed E-state index contributed by atoms with van der Waals surface area (Å²) in [5.41, 5.74) is 0.651. The molecule has 0 heterocycles. The predicted molar refractivity (Wildman–Crippen MR) is 92.2 cm³/mol. The summed E-state index contributed by atoms with van der Waals surface area (Å²) >= 11 is 0. The first-order chi connectivity index (χ1) is 10.0. The number of hydrogen-bond acceptors (Lipinski definition) is 0. The smallest absolute Gasteiger partial charge is 0.0269 e. The van der Waals surface area contributed by atoms with Crippen molar-refractivity contribution in [2.75, 3.05) is 0 Å². The highest BCUT2D eigenvalue weighted by molar-refractivity contribution is 5.03. The SMILES string of the molecule is CCC1CCC2C3CCC(C(C)C)C3CCC2C1(C)CC. The molecule has 0 amide bonds. The average Bonchev–Trinajstić information content (AvgIpc) is 2.92. The Morgan fingerprint density at radius 2 is 1.52 bits per heavy atom. The van der Waals surface area contributed by atoms with E-state index in [0.29, 0.717) is 5.41 Å². The summed E-state index contributed by atoms with van der Waals surface area (Å²) in [4.78, 5) is 0. The van der Waals surface area contributed by atoms with Gasteiger partial charge in [0.25, 0.3) is 0 Å². The minimum atomic E-state index is 0.651. The Bertz CT molecular complexity index is 357. The van der Waals surface area contributed by atoms with Gasteiger partial charge >= 0.3 is 0 Å². The second-order valence-corrected chi connectivity index (χ2v) is 9.20. The minimum absolute atomic E-state index is 0.651. The highest BCUT2D eigenvalue weighted by Gasteiger charge is 2.54. The molecule has 0 radical (unpaired) electrons. The topological polar surface area (TPSA) is 0 Å². The molecule has 3 aliphatic rings. The summed E-state index contributed by atoms with van der Waals surface area (Å²) in [6, 6.07) is 0. The molecule has 0 aliphatic heterocycles. The lowest BCUT2D eigenvalue weighted by atomic mass is 9.49. The normalized spacial score (nSPS) is 50.0. The lowest BCUT2D eigenvalue weighted by molar-refractivity contribution is -0.0725. The molecule has 0 aromatic carbocycles. The van der Waals surface area contributed by atoms with E-state index in [4.69, 9.17) is 0 Å². The van der Waals surface area contributed by atoms with Gasteiger partial charge in [-0.25, -0.2) is 0 Å². The molecule has 3 fully saturated rings. The van der Waals surface area contributed by atoms with Gasteiger partial charge in [0, 0.05) is 0 Å². The van der Waals surface area contributed by atoms with Gasteiger partial charge < -0.3 is 0 Å². The maximum absolute atomic E-state index is 2.66. The quantitative estimate of drug-likeness (QED) is 0.553. The molecular weight excluding hydrogens is 252 g/mol. The van der Waals surface area contributed by atoms with Crippen molar-refractivity contribution >= 4 is 0 Å². The summed E-state index contributed by atoms with van der Waals surface area (Å²) in [5, 5.41) is 0. The lowest BCUT2D eigenvalue weighted by Gasteiger charge is -2.56. The second-order valence-electron chi connectivity index (χ2n) is 9.20. The maximum Gasteiger partial charge on any atom is -0.0269 e. The van der Waals surface area contributed by atoms with Crippen molar-refractivity contribution < 1.29 is 0 Å². The van der Waals surface area contributed by atoms with E-state index < -0.39 is 0 Å². The van der Waals surface area contributed by atoms with Crippen LogP contribution in [0, 0.1) is 46.8 Å². The van der Waals surface area contributed by atoms with Crippen molar-refractivity contribution in [1.82, 2.24) is 0 Å². The first-order valence-electron chi connectivity index (χ1n) is 10.0. The van der Waals surface area contributed by atoms with E-state index in [1.807, 2.05) is 0 Å². The van der Waals surface area contributed by atoms with Crippen LogP contribution in [0.2, 0.25) is 0 Å². The van der Waals surface area contributed by atoms with Gasteiger partial charge in [-0.2, -0.15) is 0 Å². The van der Waals surface area contributed by atoms with Crippen molar-refractivity contribution in [3.8, 4) is 0 Å². The first-order valence-corrected chi connectivity index (χ1v) is 10.0. The van der Waals surface area contributed by atoms with Gasteiger partial charge in [-0.3, -0.25) is 0 Å². The molecular formula is C21H38. The third-order valence-corrected chi connectivity index (χ3v) is 8.55. The highest BCUT2D eigenvalue weighted by Crippen LogP contribution is 2.62. The van der Waals surface area contributed by atoms with E-state index in [2.05, 4.69) is 34.6 Å². The molecule has 0 spiro atoms. The van der Waals surface area contributed by atoms with Crippen LogP contribution < -0.4 is 0 Å². The van der Waals surface area contributed by atoms with Gasteiger partial charge in [-0.05, 0) is 85.4 Å². The summed E-state index contributed by atoms with van der Waals surface area (Å²) in [7, 11) is 0. The summed E-state index contributed by atoms with van der Waals surface area (Å²) in [5.74, 6) is 7.29. The van der Waals surface area contributed by atoms with Crippen molar-refractivity contribution in [3.05, 3.63) is 0 Å². The summed E-state index contributed by atoms with van der Waals surface area (Å²) < 4.78 is 0. The Morgan fingerprint density at radius 1 is 0.857 bits per heavy atom. The zero-order valence-corrected chi connectivity index (χ0v) is 15.2. The van der Waals surface area contributed by atoms with Crippen LogP contribution in [0.1, 0.15) is 86.0 Å². The fourth-order valence-corrected chi connectivity index (χ4v) is 7.28. The lowest BCUT2D eigenvalue weighted by Crippen LogP contribution is -2.49. The molecule has 0 bridgehead atoms. The Hall–Kier alpha value is 0. The summed E-state index contributed by atoms with van der Waals surface area (Å²) in [6.45, 7) is 12.5. The van der Waals surface area contributed by atoms with Crippen LogP contribution in [0.25, 0.3) is 0 Å². The molecule has 0 nitrogen and oxygen atoms in total. The highest BCUT2D eigenvalue weighted by atomic mass is 14.6. The molecule has 0 heteroatoms. The molecule has 0 aromatic rings. The van der Waals surface area contributed by atoms with Crippen molar-refractivity contribution in [3.63, 3.8) is 0 Å². The van der Waals surface area contributed by atoms with E-state index in [1.54, 1.807) is 25.7 Å². The molecule has 0 N–H and O–H groups in total. The zero-order valence-electron chi connectivity index (χ0n) is 15.2. The molecule has 7 unspecified atom stereocenters. The Balaban J connectivity index is 1.82. The maximum atomic E-state index is 2.66. The second kappa shape index (κ2) is 5.89. The standard InChI is InChI=1S/C21H38/c1-6-15-8-9-19-18-11-10-16(14(3)4)17(18)12-13-20(19)21(15,5)7-2/h14-20H,6-13H2,1-5H3. The monoisotopic (exact) mass is 290 g/mol. The van der Waals surface area contributed by atoms with E-state index in [9.17, 15) is 0 Å². The third kappa shape index (κ3) is 2.40. The number of fused-ring (bicyclic) bond motifs is 3. The first kappa shape index (κ1) is 15.9. The molecule has 7 atom stereocenters. The van der Waals surface area contributed by atoms with Crippen LogP contribution in [0.3, 0.4) is 0 Å². The molecule has 21 heavy (non-hydrogen) atoms. The Morgan fingerprint density at radius 3 is 2.14 bits per heavy atom. The van der Waals surface area contributed by atoms with Crippen LogP contribution in [-0.4, -0.2) is 0 Å². The van der Waals surface area contributed by atoms with Crippen molar-refractivity contribution in [2.45, 2.75) is 86.0 Å². The average molecular weight is 291 g/mol. The van der Waals surface area contributed by atoms with Crippen molar-refractivity contribution in [1.29, 1.82) is 0 Å². The number of hydrogen-bond donors (Lipinski definition) is 0. The van der Waals surface area contributed by atoms with Crippen LogP contribution in [0.4, 0.5) is 0 Å². The van der Waals surface area contributed by atoms with Crippen LogP contribution in [-0.2, 0) is 0 Å². The fraction of sp³-hybridized carbons (Fsp3) is 1.00. The molecule has 3 rings (SSSR count). The fourth-order valence-electron chi connectivity index (χ4n) is 7.28. The largest absolute Gasteiger partial charge is 0.0651 e. The molecule has 0 saturated heterocycles. The summed E-state index contributed by atoms with van der Waals surface area (Å²) in [6.07, 6.45) is 12.1. The third-order valence-electron chi connectivity index (χ3n) is 8.55. The van der Waals surface area contributed by atoms with E-state index in [0.717, 1.165) is 41.4 Å². The Kier molecular flexibility index (Phi) is 4.46. The molecule has 0 aromatic heterocycles. The van der Waals surface area contributed by atoms with E-state index >= 15 is 0 Å². The Labute approximate surface area is 133 Å². The van der Waals surface area contributed by atoms with Gasteiger partial charge in [0.2, 0.25) is 0 Å². The van der Waals surface area contributed by atoms with Gasteiger partial charge in [0.05, 0.1) is 0 Å². The van der Waals surface area contributed by atoms with Gasteiger partial charge in [-0.15, -0.1) is 0 Å². The van der Waals surface area contributed by atoms with Crippen molar-refractivity contribution in [2.24, 2.45) is 46.8 Å². The molecule has 3 saturated carbocycles. The van der Waals surface area contributed by atoms with Gasteiger partial charge in [0.15, 0.2) is 0 Å². The molecule has 3 aliphatic carbocycles. The van der Waals surface area contributed by atoms with E-state index in [1.165, 1.54) is 25.7 Å². The van der Waals surface area contributed by atoms with Gasteiger partial charge in [-0.1, -0.05) is 47.5 Å².